The predicted octanol–water partition coefficient (Wildman–Crippen LogP) is 3.01. The zero-order valence-corrected chi connectivity index (χ0v) is 20.2. The normalized spacial score (nSPS) is 19.5. The summed E-state index contributed by atoms with van der Waals surface area (Å²) in [6.45, 7) is 1.86. The first-order chi connectivity index (χ1) is 15.6. The van der Waals surface area contributed by atoms with Gasteiger partial charge in [-0.25, -0.2) is 22.5 Å². The quantitative estimate of drug-likeness (QED) is 0.605. The van der Waals surface area contributed by atoms with E-state index in [2.05, 4.69) is 15.0 Å². The van der Waals surface area contributed by atoms with Gasteiger partial charge in [0.25, 0.3) is 0 Å². The van der Waals surface area contributed by atoms with Gasteiger partial charge >= 0.3 is 0 Å². The summed E-state index contributed by atoms with van der Waals surface area (Å²) in [6, 6.07) is 7.10. The van der Waals surface area contributed by atoms with Gasteiger partial charge in [0.05, 0.1) is 19.3 Å². The van der Waals surface area contributed by atoms with Crippen LogP contribution in [0.5, 0.6) is 5.88 Å². The summed E-state index contributed by atoms with van der Waals surface area (Å²) in [5.41, 5.74) is 1.40. The molecule has 1 aliphatic carbocycles. The van der Waals surface area contributed by atoms with Crippen LogP contribution in [0.4, 0.5) is 10.1 Å². The Labute approximate surface area is 194 Å². The molecule has 1 atom stereocenters. The minimum absolute atomic E-state index is 0.0666. The number of aromatic nitrogens is 1. The van der Waals surface area contributed by atoms with Crippen LogP contribution >= 0.6 is 0 Å². The summed E-state index contributed by atoms with van der Waals surface area (Å²) < 4.78 is 46.9. The number of ether oxygens (including phenoxy) is 1. The van der Waals surface area contributed by atoms with Crippen molar-refractivity contribution in [2.75, 3.05) is 26.1 Å². The van der Waals surface area contributed by atoms with Crippen LogP contribution in [0.15, 0.2) is 41.4 Å². The van der Waals surface area contributed by atoms with E-state index < -0.39 is 10.0 Å². The fraction of sp³-hybridized carbons (Fsp3) is 0.478. The number of carbonyl (C=O) groups excluding carboxylic acids is 1. The van der Waals surface area contributed by atoms with Crippen molar-refractivity contribution in [3.63, 3.8) is 0 Å². The van der Waals surface area contributed by atoms with Crippen LogP contribution in [0.25, 0.3) is 0 Å². The molecule has 33 heavy (non-hydrogen) atoms. The second-order valence-electron chi connectivity index (χ2n) is 8.55. The number of carbonyl (C=O) groups is 1. The highest BCUT2D eigenvalue weighted by Crippen LogP contribution is 2.29. The second-order valence-corrected chi connectivity index (χ2v) is 10.3. The smallest absolute Gasteiger partial charge is 0.242 e. The second kappa shape index (κ2) is 10.5. The molecule has 10 heteroatoms. The summed E-state index contributed by atoms with van der Waals surface area (Å²) in [4.78, 5) is 18.6. The lowest BCUT2D eigenvalue weighted by Gasteiger charge is -2.29. The number of hydrogen-bond donors (Lipinski definition) is 2. The average molecular weight is 479 g/mol. The highest BCUT2D eigenvalue weighted by molar-refractivity contribution is 7.89. The number of rotatable bonds is 8. The molecule has 3 rings (SSSR count). The molecule has 2 N–H and O–H groups in total. The Morgan fingerprint density at radius 1 is 1.18 bits per heavy atom. The maximum atomic E-state index is 13.1. The first-order valence-corrected chi connectivity index (χ1v) is 12.4. The summed E-state index contributed by atoms with van der Waals surface area (Å²) >= 11 is 0. The van der Waals surface area contributed by atoms with Gasteiger partial charge in [0.1, 0.15) is 16.4 Å². The van der Waals surface area contributed by atoms with Crippen molar-refractivity contribution in [2.45, 2.75) is 49.6 Å². The van der Waals surface area contributed by atoms with Crippen molar-refractivity contribution in [2.24, 2.45) is 5.92 Å². The summed E-state index contributed by atoms with van der Waals surface area (Å²) in [5.74, 6) is -0.221. The number of pyridine rings is 1. The number of hydrogen-bond acceptors (Lipinski definition) is 6. The van der Waals surface area contributed by atoms with Crippen LogP contribution in [-0.2, 0) is 14.8 Å². The van der Waals surface area contributed by atoms with Gasteiger partial charge < -0.3 is 15.0 Å². The number of anilines is 1. The molecular formula is C23H31FN4O4S. The molecule has 0 aliphatic heterocycles. The fourth-order valence-corrected chi connectivity index (χ4v) is 5.24. The summed E-state index contributed by atoms with van der Waals surface area (Å²) in [7, 11) is 1.29. The maximum Gasteiger partial charge on any atom is 0.242 e. The van der Waals surface area contributed by atoms with E-state index in [0.717, 1.165) is 5.56 Å². The molecule has 2 aromatic rings. The molecule has 1 amide bonds. The molecule has 1 fully saturated rings. The van der Waals surface area contributed by atoms with Crippen LogP contribution < -0.4 is 19.7 Å². The number of sulfonamides is 1. The van der Waals surface area contributed by atoms with E-state index in [1.807, 2.05) is 6.92 Å². The van der Waals surface area contributed by atoms with Crippen molar-refractivity contribution >= 4 is 21.6 Å². The lowest BCUT2D eigenvalue weighted by atomic mass is 9.85. The number of amides is 1. The number of methoxy groups -OCH3 is 1. The average Bonchev–Trinajstić information content (AvgIpc) is 2.79. The molecule has 0 bridgehead atoms. The maximum absolute atomic E-state index is 13.1. The topological polar surface area (TPSA) is 101 Å². The monoisotopic (exact) mass is 478 g/mol. The molecular weight excluding hydrogens is 447 g/mol. The fourth-order valence-electron chi connectivity index (χ4n) is 3.97. The molecule has 8 nitrogen and oxygen atoms in total. The number of nitrogens with one attached hydrogen (secondary N) is 2. The zero-order chi connectivity index (χ0) is 24.2. The third-order valence-electron chi connectivity index (χ3n) is 5.94. The highest BCUT2D eigenvalue weighted by atomic mass is 32.2. The van der Waals surface area contributed by atoms with Crippen LogP contribution in [0.2, 0.25) is 0 Å². The van der Waals surface area contributed by atoms with Crippen molar-refractivity contribution in [1.29, 1.82) is 0 Å². The molecule has 1 aliphatic rings. The largest absolute Gasteiger partial charge is 0.480 e. The van der Waals surface area contributed by atoms with Crippen LogP contribution in [0.1, 0.15) is 44.2 Å². The number of halogens is 1. The predicted molar refractivity (Wildman–Crippen MR) is 124 cm³/mol. The van der Waals surface area contributed by atoms with E-state index in [-0.39, 0.29) is 34.6 Å². The molecule has 1 aromatic carbocycles. The SMILES string of the molecule is COc1ncc(S(=O)(=O)N[C@H]2CC[C@H](C(=O)N[C@H](C)c3ccc(F)cc3)CC2)cc1N(C)C. The van der Waals surface area contributed by atoms with Crippen LogP contribution in [-0.4, -0.2) is 46.6 Å². The Bertz CT molecular complexity index is 1070. The minimum Gasteiger partial charge on any atom is -0.480 e. The Morgan fingerprint density at radius 2 is 1.82 bits per heavy atom. The van der Waals surface area contributed by atoms with Gasteiger partial charge in [-0.1, -0.05) is 12.1 Å². The molecule has 1 saturated carbocycles. The lowest BCUT2D eigenvalue weighted by Crippen LogP contribution is -2.41. The Kier molecular flexibility index (Phi) is 7.91. The van der Waals surface area contributed by atoms with Gasteiger partial charge in [0, 0.05) is 26.1 Å². The summed E-state index contributed by atoms with van der Waals surface area (Å²) in [5, 5.41) is 2.98. The third kappa shape index (κ3) is 6.20. The number of benzene rings is 1. The minimum atomic E-state index is -3.76. The first kappa shape index (κ1) is 24.9. The first-order valence-electron chi connectivity index (χ1n) is 10.9. The van der Waals surface area contributed by atoms with E-state index in [0.29, 0.717) is 37.3 Å². The summed E-state index contributed by atoms with van der Waals surface area (Å²) in [6.07, 6.45) is 3.57. The highest BCUT2D eigenvalue weighted by Gasteiger charge is 2.30. The lowest BCUT2D eigenvalue weighted by molar-refractivity contribution is -0.126. The van der Waals surface area contributed by atoms with Gasteiger partial charge in [-0.2, -0.15) is 0 Å². The van der Waals surface area contributed by atoms with E-state index in [4.69, 9.17) is 4.74 Å². The Morgan fingerprint density at radius 3 is 2.39 bits per heavy atom. The molecule has 0 unspecified atom stereocenters. The molecule has 1 heterocycles. The van der Waals surface area contributed by atoms with Gasteiger partial charge in [0.2, 0.25) is 21.8 Å². The van der Waals surface area contributed by atoms with Crippen molar-refractivity contribution in [1.82, 2.24) is 15.0 Å². The van der Waals surface area contributed by atoms with Crippen molar-refractivity contribution in [3.8, 4) is 5.88 Å². The molecule has 0 radical (unpaired) electrons. The van der Waals surface area contributed by atoms with E-state index in [1.165, 1.54) is 31.5 Å². The Hall–Kier alpha value is -2.72. The zero-order valence-electron chi connectivity index (χ0n) is 19.3. The molecule has 0 spiro atoms. The van der Waals surface area contributed by atoms with Gasteiger partial charge in [-0.3, -0.25) is 4.79 Å². The standard InChI is InChI=1S/C23H31FN4O4S/c1-15(16-5-9-18(24)10-6-16)26-22(29)17-7-11-19(12-8-17)27-33(30,31)20-13-21(28(2)3)23(32-4)25-14-20/h5-6,9-10,13-15,17,19,27H,7-8,11-12H2,1-4H3,(H,26,29)/t15-,17-,19-/m1/s1. The van der Waals surface area contributed by atoms with Gasteiger partial charge in [0.15, 0.2) is 0 Å². The molecule has 1 aromatic heterocycles. The Balaban J connectivity index is 1.56. The van der Waals surface area contributed by atoms with Crippen LogP contribution in [0, 0.1) is 11.7 Å². The third-order valence-corrected chi connectivity index (χ3v) is 7.43. The van der Waals surface area contributed by atoms with Gasteiger partial charge in [-0.05, 0) is 56.4 Å². The van der Waals surface area contributed by atoms with E-state index in [9.17, 15) is 17.6 Å². The molecule has 0 saturated heterocycles. The van der Waals surface area contributed by atoms with Crippen LogP contribution in [0.3, 0.4) is 0 Å². The van der Waals surface area contributed by atoms with E-state index >= 15 is 0 Å². The van der Waals surface area contributed by atoms with E-state index in [1.54, 1.807) is 31.1 Å². The number of nitrogens with zero attached hydrogens (tertiary/aromatic N) is 2. The van der Waals surface area contributed by atoms with Gasteiger partial charge in [-0.15, -0.1) is 0 Å². The van der Waals surface area contributed by atoms with Crippen molar-refractivity contribution < 1.29 is 22.3 Å². The molecule has 180 valence electrons. The van der Waals surface area contributed by atoms with Crippen molar-refractivity contribution in [3.05, 3.63) is 47.9 Å².